The van der Waals surface area contributed by atoms with Crippen LogP contribution in [0.4, 0.5) is 23.2 Å². The number of thioether (sulfide) groups is 1. The molecule has 29 heavy (non-hydrogen) atoms. The molecule has 3 rings (SSSR count). The molecule has 10 heteroatoms. The first-order valence-electron chi connectivity index (χ1n) is 8.50. The molecular weight excluding hydrogens is 410 g/mol. The van der Waals surface area contributed by atoms with E-state index < -0.39 is 40.1 Å². The number of nitrogens with one attached hydrogen (secondary N) is 1. The Bertz CT molecular complexity index is 1140. The van der Waals surface area contributed by atoms with Gasteiger partial charge in [-0.2, -0.15) is 0 Å². The second kappa shape index (κ2) is 8.24. The van der Waals surface area contributed by atoms with Gasteiger partial charge in [0.2, 0.25) is 5.91 Å². The van der Waals surface area contributed by atoms with Crippen molar-refractivity contribution < 1.29 is 22.4 Å². The summed E-state index contributed by atoms with van der Waals surface area (Å²) in [6.45, 7) is 1.63. The van der Waals surface area contributed by atoms with Crippen molar-refractivity contribution in [1.29, 1.82) is 0 Å². The van der Waals surface area contributed by atoms with Crippen molar-refractivity contribution in [2.45, 2.75) is 23.8 Å². The van der Waals surface area contributed by atoms with Crippen LogP contribution < -0.4 is 10.9 Å². The number of nitrogens with zero attached hydrogens (tertiary/aromatic N) is 2. The number of hydrogen-bond acceptors (Lipinski definition) is 4. The summed E-state index contributed by atoms with van der Waals surface area (Å²) in [4.78, 5) is 29.3. The molecule has 5 nitrogen and oxygen atoms in total. The maximum atomic E-state index is 13.8. The first-order chi connectivity index (χ1) is 13.7. The number of rotatable bonds is 5. The molecule has 1 aromatic heterocycles. The molecule has 0 aliphatic heterocycles. The van der Waals surface area contributed by atoms with Crippen LogP contribution in [0.2, 0.25) is 0 Å². The van der Waals surface area contributed by atoms with E-state index in [2.05, 4.69) is 4.98 Å². The Morgan fingerprint density at radius 3 is 2.41 bits per heavy atom. The highest BCUT2D eigenvalue weighted by Crippen LogP contribution is 2.28. The average molecular weight is 425 g/mol. The first kappa shape index (κ1) is 20.8. The van der Waals surface area contributed by atoms with Gasteiger partial charge < -0.3 is 5.32 Å². The van der Waals surface area contributed by atoms with Gasteiger partial charge in [-0.25, -0.2) is 22.5 Å². The number of carbonyl (C=O) groups excluding carboxylic acids is 1. The highest BCUT2D eigenvalue weighted by Gasteiger charge is 2.26. The molecule has 1 amide bonds. The molecule has 0 aliphatic carbocycles. The molecule has 0 spiro atoms. The quantitative estimate of drug-likeness (QED) is 0.291. The van der Waals surface area contributed by atoms with Crippen LogP contribution >= 0.6 is 11.8 Å². The van der Waals surface area contributed by atoms with Crippen LogP contribution in [0.15, 0.2) is 40.3 Å². The number of anilines is 1. The molecule has 2 aromatic carbocycles. The van der Waals surface area contributed by atoms with E-state index in [9.17, 15) is 27.2 Å². The molecule has 1 N–H and O–H groups in total. The van der Waals surface area contributed by atoms with Crippen molar-refractivity contribution in [3.63, 3.8) is 0 Å². The Morgan fingerprint density at radius 2 is 1.79 bits per heavy atom. The van der Waals surface area contributed by atoms with Gasteiger partial charge in [0.05, 0.1) is 16.2 Å². The Balaban J connectivity index is 1.92. The molecule has 1 atom stereocenters. The van der Waals surface area contributed by atoms with E-state index in [1.54, 1.807) is 31.2 Å². The highest BCUT2D eigenvalue weighted by molar-refractivity contribution is 8.00. The number of halogens is 4. The maximum Gasteiger partial charge on any atom is 0.261 e. The predicted octanol–water partition coefficient (Wildman–Crippen LogP) is 4.00. The van der Waals surface area contributed by atoms with E-state index in [-0.39, 0.29) is 23.2 Å². The summed E-state index contributed by atoms with van der Waals surface area (Å²) in [6, 6.07) is 6.72. The number of hydrogen-bond donors (Lipinski definition) is 1. The molecule has 1 unspecified atom stereocenters. The summed E-state index contributed by atoms with van der Waals surface area (Å²) in [5, 5.41) is 1.58. The minimum Gasteiger partial charge on any atom is -0.320 e. The molecule has 0 bridgehead atoms. The van der Waals surface area contributed by atoms with Gasteiger partial charge in [-0.3, -0.25) is 14.2 Å². The smallest absolute Gasteiger partial charge is 0.261 e. The predicted molar refractivity (Wildman–Crippen MR) is 102 cm³/mol. The van der Waals surface area contributed by atoms with Crippen LogP contribution in [-0.4, -0.2) is 20.7 Å². The molecular formula is C19H15F4N3O2S. The van der Waals surface area contributed by atoms with Crippen LogP contribution in [0.1, 0.15) is 13.3 Å². The van der Waals surface area contributed by atoms with Gasteiger partial charge in [0.15, 0.2) is 28.4 Å². The highest BCUT2D eigenvalue weighted by atomic mass is 32.2. The first-order valence-corrected chi connectivity index (χ1v) is 9.38. The zero-order chi connectivity index (χ0) is 21.3. The lowest BCUT2D eigenvalue weighted by Gasteiger charge is -2.17. The second-order valence-corrected chi connectivity index (χ2v) is 7.29. The normalized spacial score (nSPS) is 12.2. The molecule has 0 fully saturated rings. The van der Waals surface area contributed by atoms with Crippen molar-refractivity contribution >= 4 is 34.3 Å². The maximum absolute atomic E-state index is 13.8. The lowest BCUT2D eigenvalue weighted by Crippen LogP contribution is -2.28. The van der Waals surface area contributed by atoms with E-state index in [1.165, 1.54) is 11.6 Å². The van der Waals surface area contributed by atoms with Gasteiger partial charge in [0.1, 0.15) is 5.69 Å². The van der Waals surface area contributed by atoms with Crippen LogP contribution in [0.3, 0.4) is 0 Å². The van der Waals surface area contributed by atoms with Gasteiger partial charge in [-0.05, 0) is 18.6 Å². The average Bonchev–Trinajstić information content (AvgIpc) is 2.71. The van der Waals surface area contributed by atoms with Crippen LogP contribution in [0.5, 0.6) is 0 Å². The lowest BCUT2D eigenvalue weighted by atomic mass is 10.2. The van der Waals surface area contributed by atoms with Gasteiger partial charge in [-0.1, -0.05) is 30.8 Å². The van der Waals surface area contributed by atoms with Crippen molar-refractivity contribution in [3.05, 3.63) is 64.0 Å². The van der Waals surface area contributed by atoms with Crippen molar-refractivity contribution in [2.75, 3.05) is 5.32 Å². The number of fused-ring (bicyclic) bond motifs is 1. The van der Waals surface area contributed by atoms with E-state index in [1.807, 2.05) is 5.32 Å². The third-order valence-corrected chi connectivity index (χ3v) is 5.62. The third-order valence-electron chi connectivity index (χ3n) is 4.21. The zero-order valence-electron chi connectivity index (χ0n) is 15.3. The summed E-state index contributed by atoms with van der Waals surface area (Å²) in [7, 11) is 1.48. The van der Waals surface area contributed by atoms with Crippen LogP contribution in [0, 0.1) is 23.3 Å². The van der Waals surface area contributed by atoms with E-state index >= 15 is 0 Å². The topological polar surface area (TPSA) is 64.0 Å². The number of aromatic nitrogens is 2. The molecule has 152 valence electrons. The number of carbonyl (C=O) groups is 1. The fourth-order valence-corrected chi connectivity index (χ4v) is 3.62. The van der Waals surface area contributed by atoms with Crippen LogP contribution in [0.25, 0.3) is 10.9 Å². The zero-order valence-corrected chi connectivity index (χ0v) is 16.1. The summed E-state index contributed by atoms with van der Waals surface area (Å²) in [5.74, 6) is -7.54. The van der Waals surface area contributed by atoms with Crippen LogP contribution in [-0.2, 0) is 11.8 Å². The Kier molecular flexibility index (Phi) is 5.92. The summed E-state index contributed by atoms with van der Waals surface area (Å²) in [6.07, 6.45) is 0.195. The fraction of sp³-hybridized carbons (Fsp3) is 0.211. The summed E-state index contributed by atoms with van der Waals surface area (Å²) < 4.78 is 55.6. The van der Waals surface area contributed by atoms with Crippen molar-refractivity contribution in [3.8, 4) is 0 Å². The van der Waals surface area contributed by atoms with Crippen molar-refractivity contribution in [1.82, 2.24) is 9.55 Å². The van der Waals surface area contributed by atoms with Gasteiger partial charge in [-0.15, -0.1) is 0 Å². The fourth-order valence-electron chi connectivity index (χ4n) is 2.64. The summed E-state index contributed by atoms with van der Waals surface area (Å²) in [5.41, 5.74) is -1.10. The molecule has 1 heterocycles. The number of amides is 1. The monoisotopic (exact) mass is 425 g/mol. The summed E-state index contributed by atoms with van der Waals surface area (Å²) >= 11 is 0.899. The van der Waals surface area contributed by atoms with E-state index in [0.717, 1.165) is 11.8 Å². The minimum atomic E-state index is -1.70. The van der Waals surface area contributed by atoms with Crippen molar-refractivity contribution in [2.24, 2.45) is 7.05 Å². The SMILES string of the molecule is CCC(Sc1nc2ccccc2c(=O)n1C)C(=O)Nc1c(F)c(F)cc(F)c1F. The van der Waals surface area contributed by atoms with E-state index in [4.69, 9.17) is 0 Å². The minimum absolute atomic E-state index is 0.0567. The molecule has 3 aromatic rings. The van der Waals surface area contributed by atoms with Gasteiger partial charge in [0.25, 0.3) is 5.56 Å². The lowest BCUT2D eigenvalue weighted by molar-refractivity contribution is -0.115. The second-order valence-electron chi connectivity index (χ2n) is 6.12. The Hall–Kier alpha value is -2.88. The number of para-hydroxylation sites is 1. The van der Waals surface area contributed by atoms with E-state index in [0.29, 0.717) is 10.9 Å². The molecule has 0 saturated carbocycles. The van der Waals surface area contributed by atoms with Gasteiger partial charge >= 0.3 is 0 Å². The molecule has 0 aliphatic rings. The Labute approximate surface area is 166 Å². The standard InChI is InChI=1S/C19H15F4N3O2S/c1-3-13(17(27)25-16-14(22)10(20)8-11(21)15(16)23)29-19-24-12-7-5-4-6-9(12)18(28)26(19)2/h4-8,13H,3H2,1-2H3,(H,25,27). The Morgan fingerprint density at radius 1 is 1.17 bits per heavy atom. The molecule has 0 radical (unpaired) electrons. The number of benzene rings is 2. The molecule has 0 saturated heterocycles. The largest absolute Gasteiger partial charge is 0.320 e. The van der Waals surface area contributed by atoms with Gasteiger partial charge in [0, 0.05) is 13.1 Å². The third kappa shape index (κ3) is 3.98.